The Morgan fingerprint density at radius 1 is 1.37 bits per heavy atom. The van der Waals surface area contributed by atoms with E-state index in [1.807, 2.05) is 24.7 Å². The molecule has 1 atom stereocenters. The zero-order valence-corrected chi connectivity index (χ0v) is 17.8. The minimum Gasteiger partial charge on any atom is -0.348 e. The molecule has 0 bridgehead atoms. The fourth-order valence-corrected chi connectivity index (χ4v) is 3.68. The minimum atomic E-state index is -0.162. The third-order valence-corrected chi connectivity index (χ3v) is 5.24. The van der Waals surface area contributed by atoms with Crippen LogP contribution in [0.3, 0.4) is 0 Å². The second-order valence-corrected chi connectivity index (χ2v) is 7.86. The monoisotopic (exact) mass is 409 g/mol. The second-order valence-electron chi connectivity index (χ2n) is 7.86. The molecule has 1 unspecified atom stereocenters. The molecule has 0 aromatic carbocycles. The normalized spacial score (nSPS) is 16.4. The number of carbonyl (C=O) groups excluding carboxylic acids is 1. The molecule has 158 valence electrons. The standard InChI is InChI=1S/C20H27N9O/c1-6-16(30)22-14-7-8-28(9-14)20-24-18(23-15-10-27(5)26-13(15)4)17-19(25-20)29(11-21-17)12(2)3/h6,10-12,14H,1,7-9H2,2-5H3,(H,22,30)(H,23,24,25). The van der Waals surface area contributed by atoms with Crippen LogP contribution in [0.4, 0.5) is 17.5 Å². The van der Waals surface area contributed by atoms with Gasteiger partial charge in [0.1, 0.15) is 0 Å². The first kappa shape index (κ1) is 19.9. The molecule has 1 fully saturated rings. The van der Waals surface area contributed by atoms with Gasteiger partial charge in [-0.1, -0.05) is 6.58 Å². The predicted octanol–water partition coefficient (Wildman–Crippen LogP) is 2.07. The summed E-state index contributed by atoms with van der Waals surface area (Å²) in [4.78, 5) is 27.9. The summed E-state index contributed by atoms with van der Waals surface area (Å²) in [5.41, 5.74) is 3.24. The number of amides is 1. The van der Waals surface area contributed by atoms with E-state index in [0.29, 0.717) is 23.8 Å². The number of nitrogens with one attached hydrogen (secondary N) is 2. The first-order chi connectivity index (χ1) is 14.4. The highest BCUT2D eigenvalue weighted by atomic mass is 16.1. The van der Waals surface area contributed by atoms with Crippen LogP contribution in [0.5, 0.6) is 0 Å². The Labute approximate surface area is 175 Å². The molecule has 3 aromatic rings. The number of imidazole rings is 1. The van der Waals surface area contributed by atoms with Crippen LogP contribution in [0.1, 0.15) is 32.0 Å². The summed E-state index contributed by atoms with van der Waals surface area (Å²) in [5.74, 6) is 1.10. The molecular weight excluding hydrogens is 382 g/mol. The van der Waals surface area contributed by atoms with Gasteiger partial charge >= 0.3 is 0 Å². The average molecular weight is 409 g/mol. The molecule has 0 saturated carbocycles. The predicted molar refractivity (Wildman–Crippen MR) is 116 cm³/mol. The van der Waals surface area contributed by atoms with Crippen molar-refractivity contribution < 1.29 is 4.79 Å². The highest BCUT2D eigenvalue weighted by Gasteiger charge is 2.27. The molecule has 1 aliphatic rings. The van der Waals surface area contributed by atoms with E-state index in [2.05, 4.69) is 46.0 Å². The molecule has 2 N–H and O–H groups in total. The minimum absolute atomic E-state index is 0.0433. The van der Waals surface area contributed by atoms with Crippen molar-refractivity contribution in [3.8, 4) is 0 Å². The van der Waals surface area contributed by atoms with Gasteiger partial charge in [-0.05, 0) is 33.3 Å². The molecule has 0 spiro atoms. The summed E-state index contributed by atoms with van der Waals surface area (Å²) < 4.78 is 3.80. The van der Waals surface area contributed by atoms with Crippen molar-refractivity contribution in [3.63, 3.8) is 0 Å². The Morgan fingerprint density at radius 3 is 2.83 bits per heavy atom. The maximum absolute atomic E-state index is 11.7. The molecular formula is C20H27N9O. The zero-order chi connectivity index (χ0) is 21.4. The lowest BCUT2D eigenvalue weighted by atomic mass is 10.2. The Kier molecular flexibility index (Phi) is 5.15. The molecule has 30 heavy (non-hydrogen) atoms. The third-order valence-electron chi connectivity index (χ3n) is 5.24. The van der Waals surface area contributed by atoms with E-state index < -0.39 is 0 Å². The van der Waals surface area contributed by atoms with Crippen LogP contribution in [0, 0.1) is 6.92 Å². The van der Waals surface area contributed by atoms with Gasteiger partial charge in [-0.2, -0.15) is 15.1 Å². The maximum Gasteiger partial charge on any atom is 0.243 e. The van der Waals surface area contributed by atoms with Gasteiger partial charge < -0.3 is 20.1 Å². The van der Waals surface area contributed by atoms with Gasteiger partial charge in [0.15, 0.2) is 17.0 Å². The van der Waals surface area contributed by atoms with Crippen molar-refractivity contribution >= 4 is 34.5 Å². The molecule has 1 saturated heterocycles. The topological polar surface area (TPSA) is 106 Å². The highest BCUT2D eigenvalue weighted by molar-refractivity contribution is 5.88. The Hall–Kier alpha value is -3.43. The first-order valence-corrected chi connectivity index (χ1v) is 10.1. The van der Waals surface area contributed by atoms with Crippen LogP contribution in [0.2, 0.25) is 0 Å². The molecule has 4 rings (SSSR count). The largest absolute Gasteiger partial charge is 0.348 e. The van der Waals surface area contributed by atoms with E-state index >= 15 is 0 Å². The zero-order valence-electron chi connectivity index (χ0n) is 17.8. The van der Waals surface area contributed by atoms with Gasteiger partial charge in [0.05, 0.1) is 17.7 Å². The van der Waals surface area contributed by atoms with Gasteiger partial charge in [-0.15, -0.1) is 0 Å². The van der Waals surface area contributed by atoms with Gasteiger partial charge in [0.25, 0.3) is 0 Å². The number of rotatable bonds is 6. The van der Waals surface area contributed by atoms with Crippen LogP contribution >= 0.6 is 0 Å². The van der Waals surface area contributed by atoms with Crippen molar-refractivity contribution in [2.45, 2.75) is 39.3 Å². The summed E-state index contributed by atoms with van der Waals surface area (Å²) in [7, 11) is 1.88. The summed E-state index contributed by atoms with van der Waals surface area (Å²) in [5, 5.41) is 10.7. The lowest BCUT2D eigenvalue weighted by molar-refractivity contribution is -0.117. The Bertz CT molecular complexity index is 1100. The van der Waals surface area contributed by atoms with Gasteiger partial charge in [-0.25, -0.2) is 4.98 Å². The number of carbonyl (C=O) groups is 1. The van der Waals surface area contributed by atoms with Crippen molar-refractivity contribution in [3.05, 3.63) is 30.9 Å². The van der Waals surface area contributed by atoms with E-state index in [4.69, 9.17) is 9.97 Å². The Balaban J connectivity index is 1.71. The average Bonchev–Trinajstić information content (AvgIpc) is 3.40. The van der Waals surface area contributed by atoms with Gasteiger partial charge in [-0.3, -0.25) is 9.48 Å². The fraction of sp³-hybridized carbons (Fsp3) is 0.450. The SMILES string of the molecule is C=CC(=O)NC1CCN(c2nc(Nc3cn(C)nc3C)c3ncn(C(C)C)c3n2)C1. The molecule has 0 aliphatic carbocycles. The molecule has 1 aliphatic heterocycles. The van der Waals surface area contributed by atoms with Crippen molar-refractivity contribution in [1.82, 2.24) is 34.6 Å². The van der Waals surface area contributed by atoms with Crippen LogP contribution in [-0.2, 0) is 11.8 Å². The van der Waals surface area contributed by atoms with E-state index in [0.717, 1.165) is 30.0 Å². The maximum atomic E-state index is 11.7. The lowest BCUT2D eigenvalue weighted by Gasteiger charge is -2.18. The molecule has 0 radical (unpaired) electrons. The van der Waals surface area contributed by atoms with Crippen LogP contribution < -0.4 is 15.5 Å². The quantitative estimate of drug-likeness (QED) is 0.600. The van der Waals surface area contributed by atoms with Gasteiger partial charge in [0, 0.05) is 38.4 Å². The summed E-state index contributed by atoms with van der Waals surface area (Å²) in [6, 6.07) is 0.255. The third kappa shape index (κ3) is 3.72. The second kappa shape index (κ2) is 7.77. The van der Waals surface area contributed by atoms with Crippen LogP contribution in [0.25, 0.3) is 11.2 Å². The van der Waals surface area contributed by atoms with Gasteiger partial charge in [0.2, 0.25) is 11.9 Å². The van der Waals surface area contributed by atoms with Crippen LogP contribution in [0.15, 0.2) is 25.2 Å². The number of hydrogen-bond donors (Lipinski definition) is 2. The Morgan fingerprint density at radius 2 is 2.17 bits per heavy atom. The van der Waals surface area contributed by atoms with Crippen molar-refractivity contribution in [2.24, 2.45) is 7.05 Å². The summed E-state index contributed by atoms with van der Waals surface area (Å²) >= 11 is 0. The van der Waals surface area contributed by atoms with Crippen molar-refractivity contribution in [1.29, 1.82) is 0 Å². The molecule has 10 heteroatoms. The van der Waals surface area contributed by atoms with Crippen LogP contribution in [-0.4, -0.2) is 54.3 Å². The summed E-state index contributed by atoms with van der Waals surface area (Å²) in [6.07, 6.45) is 5.84. The number of nitrogens with zero attached hydrogens (tertiary/aromatic N) is 7. The van der Waals surface area contributed by atoms with E-state index in [1.165, 1.54) is 6.08 Å². The first-order valence-electron chi connectivity index (χ1n) is 10.1. The number of aryl methyl sites for hydroxylation is 2. The van der Waals surface area contributed by atoms with E-state index in [9.17, 15) is 4.79 Å². The summed E-state index contributed by atoms with van der Waals surface area (Å²) in [6.45, 7) is 11.1. The smallest absolute Gasteiger partial charge is 0.243 e. The fourth-order valence-electron chi connectivity index (χ4n) is 3.68. The highest BCUT2D eigenvalue weighted by Crippen LogP contribution is 2.29. The molecule has 10 nitrogen and oxygen atoms in total. The number of fused-ring (bicyclic) bond motifs is 1. The number of hydrogen-bond acceptors (Lipinski definition) is 7. The van der Waals surface area contributed by atoms with E-state index in [1.54, 1.807) is 11.0 Å². The van der Waals surface area contributed by atoms with E-state index in [-0.39, 0.29) is 18.0 Å². The van der Waals surface area contributed by atoms with Crippen molar-refractivity contribution in [2.75, 3.05) is 23.3 Å². The lowest BCUT2D eigenvalue weighted by Crippen LogP contribution is -2.36. The molecule has 1 amide bonds. The molecule has 3 aromatic heterocycles. The molecule has 4 heterocycles. The number of aromatic nitrogens is 6. The number of anilines is 3.